The predicted molar refractivity (Wildman–Crippen MR) is 77.6 cm³/mol. The summed E-state index contributed by atoms with van der Waals surface area (Å²) in [6, 6.07) is 3.94. The zero-order valence-corrected chi connectivity index (χ0v) is 11.9. The number of aromatic nitrogens is 1. The van der Waals surface area contributed by atoms with E-state index in [4.69, 9.17) is 22.7 Å². The summed E-state index contributed by atoms with van der Waals surface area (Å²) in [4.78, 5) is 6.79. The number of hydrogen-bond acceptors (Lipinski definition) is 4. The highest BCUT2D eigenvalue weighted by Gasteiger charge is 2.05. The van der Waals surface area contributed by atoms with Crippen LogP contribution in [0, 0.1) is 0 Å². The highest BCUT2D eigenvalue weighted by atomic mass is 32.1. The van der Waals surface area contributed by atoms with Crippen molar-refractivity contribution in [3.05, 3.63) is 29.6 Å². The Morgan fingerprint density at radius 1 is 1.50 bits per heavy atom. The second-order valence-electron chi connectivity index (χ2n) is 3.98. The quantitative estimate of drug-likeness (QED) is 0.572. The molecular weight excluding hydrogens is 246 g/mol. The molecule has 18 heavy (non-hydrogen) atoms. The lowest BCUT2D eigenvalue weighted by atomic mass is 10.2. The Balaban J connectivity index is 2.58. The minimum Gasteiger partial charge on any atom is -0.388 e. The van der Waals surface area contributed by atoms with Gasteiger partial charge in [0.25, 0.3) is 0 Å². The fourth-order valence-corrected chi connectivity index (χ4v) is 1.76. The first-order valence-corrected chi connectivity index (χ1v) is 6.63. The minimum atomic E-state index is 0.342. The molecule has 0 radical (unpaired) electrons. The van der Waals surface area contributed by atoms with Crippen molar-refractivity contribution < 1.29 is 4.74 Å². The monoisotopic (exact) mass is 267 g/mol. The topological polar surface area (TPSA) is 51.4 Å². The molecule has 0 aliphatic rings. The zero-order valence-electron chi connectivity index (χ0n) is 11.1. The lowest BCUT2D eigenvalue weighted by Crippen LogP contribution is -2.27. The zero-order chi connectivity index (χ0) is 13.4. The van der Waals surface area contributed by atoms with Gasteiger partial charge in [-0.15, -0.1) is 0 Å². The van der Waals surface area contributed by atoms with Gasteiger partial charge in [0.2, 0.25) is 0 Å². The van der Waals surface area contributed by atoms with E-state index >= 15 is 0 Å². The van der Waals surface area contributed by atoms with Gasteiger partial charge in [0.05, 0.1) is 12.3 Å². The van der Waals surface area contributed by atoms with Crippen molar-refractivity contribution in [2.24, 2.45) is 5.73 Å². The van der Waals surface area contributed by atoms with E-state index in [1.807, 2.05) is 19.1 Å². The number of nitrogens with zero attached hydrogens (tertiary/aromatic N) is 2. The molecule has 0 unspecified atom stereocenters. The van der Waals surface area contributed by atoms with Crippen molar-refractivity contribution in [2.45, 2.75) is 20.4 Å². The molecule has 0 aliphatic carbocycles. The summed E-state index contributed by atoms with van der Waals surface area (Å²) in [5, 5.41) is 0. The summed E-state index contributed by atoms with van der Waals surface area (Å²) in [6.45, 7) is 8.44. The van der Waals surface area contributed by atoms with Crippen molar-refractivity contribution in [1.29, 1.82) is 0 Å². The number of ether oxygens (including phenoxy) is 1. The number of thiocarbonyl (C=S) groups is 1. The van der Waals surface area contributed by atoms with E-state index in [1.165, 1.54) is 5.56 Å². The third-order valence-electron chi connectivity index (χ3n) is 2.69. The minimum absolute atomic E-state index is 0.342. The summed E-state index contributed by atoms with van der Waals surface area (Å²) in [7, 11) is 0. The molecule has 100 valence electrons. The Morgan fingerprint density at radius 2 is 2.28 bits per heavy atom. The van der Waals surface area contributed by atoms with E-state index in [2.05, 4.69) is 16.8 Å². The smallest absolute Gasteiger partial charge is 0.122 e. The maximum atomic E-state index is 5.58. The fourth-order valence-electron chi connectivity index (χ4n) is 1.65. The van der Waals surface area contributed by atoms with Crippen molar-refractivity contribution in [1.82, 2.24) is 9.88 Å². The van der Waals surface area contributed by atoms with E-state index in [9.17, 15) is 0 Å². The fraction of sp³-hybridized carbons (Fsp3) is 0.538. The highest BCUT2D eigenvalue weighted by Crippen LogP contribution is 2.06. The van der Waals surface area contributed by atoms with Gasteiger partial charge in [0.15, 0.2) is 0 Å². The van der Waals surface area contributed by atoms with Crippen LogP contribution >= 0.6 is 12.2 Å². The van der Waals surface area contributed by atoms with Gasteiger partial charge >= 0.3 is 0 Å². The molecule has 0 atom stereocenters. The van der Waals surface area contributed by atoms with E-state index in [0.717, 1.165) is 32.8 Å². The van der Waals surface area contributed by atoms with Gasteiger partial charge in [0.1, 0.15) is 4.99 Å². The van der Waals surface area contributed by atoms with Crippen LogP contribution in [0.25, 0.3) is 0 Å². The Labute approximate surface area is 114 Å². The van der Waals surface area contributed by atoms with Crippen LogP contribution in [0.5, 0.6) is 0 Å². The molecule has 0 bridgehead atoms. The second-order valence-corrected chi connectivity index (χ2v) is 4.42. The third-order valence-corrected chi connectivity index (χ3v) is 2.90. The van der Waals surface area contributed by atoms with E-state index in [0.29, 0.717) is 10.7 Å². The van der Waals surface area contributed by atoms with Crippen LogP contribution in [0.3, 0.4) is 0 Å². The van der Waals surface area contributed by atoms with Gasteiger partial charge in [0, 0.05) is 25.9 Å². The third kappa shape index (κ3) is 5.08. The lowest BCUT2D eigenvalue weighted by molar-refractivity contribution is 0.113. The molecule has 1 aromatic rings. The van der Waals surface area contributed by atoms with Crippen LogP contribution in [0.2, 0.25) is 0 Å². The molecule has 0 saturated heterocycles. The van der Waals surface area contributed by atoms with Gasteiger partial charge in [-0.2, -0.15) is 0 Å². The number of pyridine rings is 1. The molecule has 5 heteroatoms. The van der Waals surface area contributed by atoms with Gasteiger partial charge < -0.3 is 10.5 Å². The van der Waals surface area contributed by atoms with E-state index in [1.54, 1.807) is 6.20 Å². The Kier molecular flexibility index (Phi) is 6.78. The van der Waals surface area contributed by atoms with Crippen molar-refractivity contribution in [3.63, 3.8) is 0 Å². The number of nitrogens with two attached hydrogens (primary N) is 1. The summed E-state index contributed by atoms with van der Waals surface area (Å²) >= 11 is 4.93. The molecule has 4 nitrogen and oxygen atoms in total. The number of hydrogen-bond donors (Lipinski definition) is 1. The van der Waals surface area contributed by atoms with Gasteiger partial charge in [-0.05, 0) is 31.2 Å². The highest BCUT2D eigenvalue weighted by molar-refractivity contribution is 7.80. The molecule has 0 spiro atoms. The first-order valence-electron chi connectivity index (χ1n) is 6.22. The second kappa shape index (κ2) is 8.13. The van der Waals surface area contributed by atoms with Crippen LogP contribution in [0.15, 0.2) is 18.3 Å². The number of rotatable bonds is 8. The molecule has 0 saturated carbocycles. The summed E-state index contributed by atoms with van der Waals surface area (Å²) in [5.74, 6) is 0. The molecule has 1 rings (SSSR count). The van der Waals surface area contributed by atoms with Crippen LogP contribution < -0.4 is 5.73 Å². The van der Waals surface area contributed by atoms with Crippen LogP contribution in [0.1, 0.15) is 25.1 Å². The average Bonchev–Trinajstić information content (AvgIpc) is 2.38. The first-order chi connectivity index (χ1) is 8.67. The summed E-state index contributed by atoms with van der Waals surface area (Å²) in [6.07, 6.45) is 1.75. The van der Waals surface area contributed by atoms with Crippen LogP contribution in [-0.4, -0.2) is 41.2 Å². The molecule has 2 N–H and O–H groups in total. The Morgan fingerprint density at radius 3 is 2.89 bits per heavy atom. The van der Waals surface area contributed by atoms with E-state index < -0.39 is 0 Å². The Bertz CT molecular complexity index is 384. The summed E-state index contributed by atoms with van der Waals surface area (Å²) in [5.41, 5.74) is 7.44. The summed E-state index contributed by atoms with van der Waals surface area (Å²) < 4.78 is 5.37. The average molecular weight is 267 g/mol. The maximum Gasteiger partial charge on any atom is 0.122 e. The lowest BCUT2D eigenvalue weighted by Gasteiger charge is -2.20. The standard InChI is InChI=1S/C13H21N3OS/c1-3-16(7-8-17-4-2)10-11-5-6-15-12(9-11)13(14)18/h5-6,9H,3-4,7-8,10H2,1-2H3,(H2,14,18). The van der Waals surface area contributed by atoms with Gasteiger partial charge in [-0.3, -0.25) is 9.88 Å². The first kappa shape index (κ1) is 15.0. The van der Waals surface area contributed by atoms with Gasteiger partial charge in [-0.25, -0.2) is 0 Å². The molecular formula is C13H21N3OS. The van der Waals surface area contributed by atoms with Crippen LogP contribution in [-0.2, 0) is 11.3 Å². The largest absolute Gasteiger partial charge is 0.388 e. The van der Waals surface area contributed by atoms with Gasteiger partial charge in [-0.1, -0.05) is 19.1 Å². The molecule has 1 heterocycles. The molecule has 1 aromatic heterocycles. The molecule has 0 aromatic carbocycles. The predicted octanol–water partition coefficient (Wildman–Crippen LogP) is 1.57. The Hall–Kier alpha value is -1.04. The maximum absolute atomic E-state index is 5.58. The number of likely N-dealkylation sites (N-methyl/N-ethyl adjacent to an activating group) is 1. The molecule has 0 fully saturated rings. The normalized spacial score (nSPS) is 10.8. The van der Waals surface area contributed by atoms with Crippen molar-refractivity contribution >= 4 is 17.2 Å². The van der Waals surface area contributed by atoms with Crippen molar-refractivity contribution in [2.75, 3.05) is 26.3 Å². The molecule has 0 amide bonds. The molecule has 0 aliphatic heterocycles. The van der Waals surface area contributed by atoms with Crippen LogP contribution in [0.4, 0.5) is 0 Å². The SMILES string of the molecule is CCOCCN(CC)Cc1ccnc(C(N)=S)c1. The van der Waals surface area contributed by atoms with E-state index in [-0.39, 0.29) is 0 Å². The van der Waals surface area contributed by atoms with Crippen molar-refractivity contribution in [3.8, 4) is 0 Å².